The zero-order valence-corrected chi connectivity index (χ0v) is 11.5. The molecule has 2 aliphatic rings. The van der Waals surface area contributed by atoms with Gasteiger partial charge in [-0.1, -0.05) is 6.92 Å². The van der Waals surface area contributed by atoms with Crippen molar-refractivity contribution in [2.45, 2.75) is 32.4 Å². The van der Waals surface area contributed by atoms with Gasteiger partial charge >= 0.3 is 0 Å². The topological polar surface area (TPSA) is 58.8 Å². The molecule has 0 aromatic carbocycles. The van der Waals surface area contributed by atoms with Gasteiger partial charge < -0.3 is 15.4 Å². The summed E-state index contributed by atoms with van der Waals surface area (Å²) in [4.78, 5) is 16.5. The maximum absolute atomic E-state index is 12.0. The van der Waals surface area contributed by atoms with Gasteiger partial charge in [0, 0.05) is 44.7 Å². The van der Waals surface area contributed by atoms with Gasteiger partial charge in [-0.3, -0.25) is 9.69 Å². The lowest BCUT2D eigenvalue weighted by molar-refractivity contribution is -0.130. The molecule has 1 amide bonds. The molecule has 5 nitrogen and oxygen atoms in total. The molecule has 0 aromatic rings. The first kappa shape index (κ1) is 13.8. The highest BCUT2D eigenvalue weighted by molar-refractivity contribution is 5.77. The number of amides is 1. The van der Waals surface area contributed by atoms with E-state index in [2.05, 4.69) is 11.8 Å². The smallest absolute Gasteiger partial charge is 0.224 e. The van der Waals surface area contributed by atoms with E-state index in [0.29, 0.717) is 18.4 Å². The summed E-state index contributed by atoms with van der Waals surface area (Å²) >= 11 is 0. The van der Waals surface area contributed by atoms with Gasteiger partial charge in [-0.25, -0.2) is 0 Å². The summed E-state index contributed by atoms with van der Waals surface area (Å²) < 4.78 is 5.38. The molecule has 2 rings (SSSR count). The summed E-state index contributed by atoms with van der Waals surface area (Å²) in [6, 6.07) is 0.446. The number of ether oxygens (including phenoxy) is 1. The van der Waals surface area contributed by atoms with Crippen LogP contribution < -0.4 is 5.73 Å². The van der Waals surface area contributed by atoms with E-state index >= 15 is 0 Å². The van der Waals surface area contributed by atoms with Crippen molar-refractivity contribution >= 4 is 5.91 Å². The molecule has 0 radical (unpaired) electrons. The number of carbonyl (C=O) groups is 1. The zero-order chi connectivity index (χ0) is 13.1. The van der Waals surface area contributed by atoms with Crippen LogP contribution >= 0.6 is 0 Å². The fourth-order valence-electron chi connectivity index (χ4n) is 2.94. The van der Waals surface area contributed by atoms with Gasteiger partial charge in [0.1, 0.15) is 0 Å². The molecule has 0 aliphatic carbocycles. The highest BCUT2D eigenvalue weighted by Gasteiger charge is 2.36. The van der Waals surface area contributed by atoms with Crippen molar-refractivity contribution in [3.63, 3.8) is 0 Å². The van der Waals surface area contributed by atoms with E-state index in [0.717, 1.165) is 39.4 Å². The lowest BCUT2D eigenvalue weighted by Gasteiger charge is -2.34. The van der Waals surface area contributed by atoms with Crippen molar-refractivity contribution in [1.29, 1.82) is 0 Å². The first-order valence-corrected chi connectivity index (χ1v) is 6.93. The van der Waals surface area contributed by atoms with E-state index in [1.54, 1.807) is 0 Å². The number of nitrogens with two attached hydrogens (primary N) is 1. The van der Waals surface area contributed by atoms with Gasteiger partial charge in [-0.2, -0.15) is 0 Å². The van der Waals surface area contributed by atoms with Crippen LogP contribution in [0.2, 0.25) is 0 Å². The molecular formula is C13H25N3O2. The predicted octanol–water partition coefficient (Wildman–Crippen LogP) is -0.0972. The van der Waals surface area contributed by atoms with E-state index in [1.165, 1.54) is 0 Å². The summed E-state index contributed by atoms with van der Waals surface area (Å²) in [5, 5.41) is 0. The molecule has 0 bridgehead atoms. The molecule has 0 saturated carbocycles. The zero-order valence-electron chi connectivity index (χ0n) is 11.5. The molecule has 2 saturated heterocycles. The Morgan fingerprint density at radius 1 is 1.39 bits per heavy atom. The maximum atomic E-state index is 12.0. The minimum atomic E-state index is -0.0461. The van der Waals surface area contributed by atoms with Crippen molar-refractivity contribution in [2.24, 2.45) is 11.7 Å². The normalized spacial score (nSPS) is 31.6. The largest absolute Gasteiger partial charge is 0.379 e. The molecule has 2 heterocycles. The standard InChI is InChI=1S/C13H25N3O2/c1-10-8-16(13(17)7-11(2)14)9-12(10)15-3-5-18-6-4-15/h10-12H,3-9,14H2,1-2H3. The van der Waals surface area contributed by atoms with Crippen LogP contribution in [0.5, 0.6) is 0 Å². The third kappa shape index (κ3) is 3.22. The van der Waals surface area contributed by atoms with Crippen LogP contribution in [-0.4, -0.2) is 67.2 Å². The first-order valence-electron chi connectivity index (χ1n) is 6.93. The number of rotatable bonds is 3. The van der Waals surface area contributed by atoms with Crippen LogP contribution in [0.25, 0.3) is 0 Å². The van der Waals surface area contributed by atoms with Crippen LogP contribution in [0.1, 0.15) is 20.3 Å². The Kier molecular flexibility index (Phi) is 4.59. The molecule has 3 unspecified atom stereocenters. The van der Waals surface area contributed by atoms with E-state index in [4.69, 9.17) is 10.5 Å². The molecule has 0 aromatic heterocycles. The van der Waals surface area contributed by atoms with Gasteiger partial charge in [0.25, 0.3) is 0 Å². The summed E-state index contributed by atoms with van der Waals surface area (Å²) in [5.74, 6) is 0.743. The van der Waals surface area contributed by atoms with Gasteiger partial charge in [-0.15, -0.1) is 0 Å². The summed E-state index contributed by atoms with van der Waals surface area (Å²) in [5.41, 5.74) is 5.70. The van der Waals surface area contributed by atoms with Gasteiger partial charge in [0.05, 0.1) is 13.2 Å². The van der Waals surface area contributed by atoms with Gasteiger partial charge in [0.15, 0.2) is 0 Å². The van der Waals surface area contributed by atoms with E-state index < -0.39 is 0 Å². The average Bonchev–Trinajstić information content (AvgIpc) is 2.72. The maximum Gasteiger partial charge on any atom is 0.224 e. The fraction of sp³-hybridized carbons (Fsp3) is 0.923. The first-order chi connectivity index (χ1) is 8.58. The molecule has 104 valence electrons. The second-order valence-electron chi connectivity index (χ2n) is 5.67. The average molecular weight is 255 g/mol. The SMILES string of the molecule is CC(N)CC(=O)N1CC(C)C(N2CCOCC2)C1. The monoisotopic (exact) mass is 255 g/mol. The van der Waals surface area contributed by atoms with Crippen molar-refractivity contribution in [3.05, 3.63) is 0 Å². The second kappa shape index (κ2) is 5.99. The Bertz CT molecular complexity index is 290. The second-order valence-corrected chi connectivity index (χ2v) is 5.67. The molecule has 2 fully saturated rings. The van der Waals surface area contributed by atoms with Crippen LogP contribution in [0.4, 0.5) is 0 Å². The Hall–Kier alpha value is -0.650. The lowest BCUT2D eigenvalue weighted by Crippen LogP contribution is -2.47. The molecule has 2 aliphatic heterocycles. The third-order valence-electron chi connectivity index (χ3n) is 3.94. The van der Waals surface area contributed by atoms with Gasteiger partial charge in [0.2, 0.25) is 5.91 Å². The Morgan fingerprint density at radius 2 is 2.06 bits per heavy atom. The Balaban J connectivity index is 1.89. The van der Waals surface area contributed by atoms with Crippen LogP contribution in [0.15, 0.2) is 0 Å². The number of carbonyl (C=O) groups excluding carboxylic acids is 1. The quantitative estimate of drug-likeness (QED) is 0.765. The predicted molar refractivity (Wildman–Crippen MR) is 70.2 cm³/mol. The molecular weight excluding hydrogens is 230 g/mol. The summed E-state index contributed by atoms with van der Waals surface area (Å²) in [7, 11) is 0. The molecule has 0 spiro atoms. The number of hydrogen-bond donors (Lipinski definition) is 1. The number of hydrogen-bond acceptors (Lipinski definition) is 4. The fourth-order valence-corrected chi connectivity index (χ4v) is 2.94. The van der Waals surface area contributed by atoms with E-state index in [9.17, 15) is 4.79 Å². The Labute approximate surface area is 109 Å². The number of nitrogens with zero attached hydrogens (tertiary/aromatic N) is 2. The molecule has 18 heavy (non-hydrogen) atoms. The summed E-state index contributed by atoms with van der Waals surface area (Å²) in [6.07, 6.45) is 0.461. The summed E-state index contributed by atoms with van der Waals surface area (Å²) in [6.45, 7) is 9.46. The molecule has 3 atom stereocenters. The van der Waals surface area contributed by atoms with Crippen molar-refractivity contribution in [2.75, 3.05) is 39.4 Å². The minimum Gasteiger partial charge on any atom is -0.379 e. The van der Waals surface area contributed by atoms with Crippen molar-refractivity contribution in [1.82, 2.24) is 9.80 Å². The minimum absolute atomic E-state index is 0.0461. The van der Waals surface area contributed by atoms with Crippen molar-refractivity contribution < 1.29 is 9.53 Å². The van der Waals surface area contributed by atoms with Crippen molar-refractivity contribution in [3.8, 4) is 0 Å². The number of morpholine rings is 1. The van der Waals surface area contributed by atoms with Crippen LogP contribution in [0.3, 0.4) is 0 Å². The lowest BCUT2D eigenvalue weighted by atomic mass is 10.0. The third-order valence-corrected chi connectivity index (χ3v) is 3.94. The Morgan fingerprint density at radius 3 is 2.67 bits per heavy atom. The molecule has 2 N–H and O–H groups in total. The van der Waals surface area contributed by atoms with E-state index in [1.807, 2.05) is 11.8 Å². The highest BCUT2D eigenvalue weighted by Crippen LogP contribution is 2.23. The highest BCUT2D eigenvalue weighted by atomic mass is 16.5. The van der Waals surface area contributed by atoms with Gasteiger partial charge in [-0.05, 0) is 12.8 Å². The van der Waals surface area contributed by atoms with E-state index in [-0.39, 0.29) is 11.9 Å². The van der Waals surface area contributed by atoms with Crippen LogP contribution in [-0.2, 0) is 9.53 Å². The van der Waals surface area contributed by atoms with Crippen LogP contribution in [0, 0.1) is 5.92 Å². The number of likely N-dealkylation sites (tertiary alicyclic amines) is 1. The molecule has 5 heteroatoms.